The average Bonchev–Trinajstić information content (AvgIpc) is 3.09. The molecule has 2 unspecified atom stereocenters. The summed E-state index contributed by atoms with van der Waals surface area (Å²) >= 11 is 1.63. The minimum Gasteiger partial charge on any atom is -0.444 e. The van der Waals surface area contributed by atoms with E-state index in [1.165, 1.54) is 12.8 Å². The normalized spacial score (nSPS) is 24.1. The highest BCUT2D eigenvalue weighted by molar-refractivity contribution is 7.13. The van der Waals surface area contributed by atoms with Crippen molar-refractivity contribution >= 4 is 11.3 Å². The quantitative estimate of drug-likeness (QED) is 0.941. The molecule has 0 saturated carbocycles. The summed E-state index contributed by atoms with van der Waals surface area (Å²) in [4.78, 5) is 7.94. The summed E-state index contributed by atoms with van der Waals surface area (Å²) in [6.45, 7) is 4.21. The van der Waals surface area contributed by atoms with Gasteiger partial charge in [0.25, 0.3) is 0 Å². The second kappa shape index (κ2) is 6.08. The zero-order chi connectivity index (χ0) is 13.9. The number of piperidine rings is 1. The highest BCUT2D eigenvalue weighted by Gasteiger charge is 2.28. The third kappa shape index (κ3) is 2.80. The van der Waals surface area contributed by atoms with Crippen molar-refractivity contribution in [3.05, 3.63) is 29.5 Å². The molecule has 1 fully saturated rings. The van der Waals surface area contributed by atoms with Crippen molar-refractivity contribution in [1.82, 2.24) is 9.88 Å². The maximum atomic E-state index is 9.58. The molecule has 4 nitrogen and oxygen atoms in total. The van der Waals surface area contributed by atoms with Crippen molar-refractivity contribution in [2.24, 2.45) is 5.92 Å². The minimum absolute atomic E-state index is 0.219. The van der Waals surface area contributed by atoms with Crippen LogP contribution < -0.4 is 0 Å². The van der Waals surface area contributed by atoms with Crippen LogP contribution in [0.25, 0.3) is 10.8 Å². The summed E-state index contributed by atoms with van der Waals surface area (Å²) in [6.07, 6.45) is 4.12. The number of hydrogen-bond acceptors (Lipinski definition) is 5. The van der Waals surface area contributed by atoms with E-state index in [4.69, 9.17) is 4.42 Å². The Balaban J connectivity index is 1.71. The zero-order valence-electron chi connectivity index (χ0n) is 11.7. The predicted molar refractivity (Wildman–Crippen MR) is 79.5 cm³/mol. The molecule has 1 aliphatic rings. The summed E-state index contributed by atoms with van der Waals surface area (Å²) in [5.74, 6) is 1.23. The lowest BCUT2D eigenvalue weighted by Gasteiger charge is -2.38. The van der Waals surface area contributed by atoms with Crippen molar-refractivity contribution in [2.45, 2.75) is 32.4 Å². The van der Waals surface area contributed by atoms with Crippen LogP contribution in [0.1, 0.15) is 25.5 Å². The fourth-order valence-corrected chi connectivity index (χ4v) is 3.58. The van der Waals surface area contributed by atoms with Gasteiger partial charge in [0.1, 0.15) is 6.26 Å². The van der Waals surface area contributed by atoms with Crippen molar-refractivity contribution in [3.63, 3.8) is 0 Å². The highest BCUT2D eigenvalue weighted by atomic mass is 32.1. The second-order valence-corrected chi connectivity index (χ2v) is 6.41. The molecule has 2 aromatic heterocycles. The van der Waals surface area contributed by atoms with Crippen LogP contribution in [0.15, 0.2) is 28.2 Å². The Kier molecular flexibility index (Phi) is 4.19. The Morgan fingerprint density at radius 2 is 2.45 bits per heavy atom. The number of likely N-dealkylation sites (tertiary alicyclic amines) is 1. The topological polar surface area (TPSA) is 49.5 Å². The predicted octanol–water partition coefficient (Wildman–Crippen LogP) is 3.00. The van der Waals surface area contributed by atoms with Gasteiger partial charge in [-0.05, 0) is 36.8 Å². The van der Waals surface area contributed by atoms with Gasteiger partial charge in [0.2, 0.25) is 5.89 Å². The lowest BCUT2D eigenvalue weighted by molar-refractivity contribution is 0.0463. The molecule has 1 N–H and O–H groups in total. The van der Waals surface area contributed by atoms with Crippen LogP contribution in [-0.2, 0) is 6.54 Å². The standard InChI is InChI=1S/C15H20N2O2S/c1-11-4-2-6-17(13(11)9-18)8-12-10-19-15(16-12)14-5-3-7-20-14/h3,5,7,10-11,13,18H,2,4,6,8-9H2,1H3. The van der Waals surface area contributed by atoms with Crippen molar-refractivity contribution in [3.8, 4) is 10.8 Å². The lowest BCUT2D eigenvalue weighted by atomic mass is 9.91. The van der Waals surface area contributed by atoms with E-state index in [9.17, 15) is 5.11 Å². The molecule has 0 bridgehead atoms. The molecule has 1 aliphatic heterocycles. The first-order chi connectivity index (χ1) is 9.78. The monoisotopic (exact) mass is 292 g/mol. The average molecular weight is 292 g/mol. The molecule has 0 spiro atoms. The second-order valence-electron chi connectivity index (χ2n) is 5.46. The van der Waals surface area contributed by atoms with Gasteiger partial charge in [0.05, 0.1) is 17.2 Å². The maximum absolute atomic E-state index is 9.58. The van der Waals surface area contributed by atoms with Crippen LogP contribution in [-0.4, -0.2) is 34.2 Å². The van der Waals surface area contributed by atoms with Gasteiger partial charge in [0, 0.05) is 12.6 Å². The minimum atomic E-state index is 0.219. The van der Waals surface area contributed by atoms with Crippen molar-refractivity contribution < 1.29 is 9.52 Å². The summed E-state index contributed by atoms with van der Waals surface area (Å²) < 4.78 is 5.56. The van der Waals surface area contributed by atoms with Crippen LogP contribution >= 0.6 is 11.3 Å². The molecule has 0 amide bonds. The Bertz CT molecular complexity index is 538. The Morgan fingerprint density at radius 1 is 1.55 bits per heavy atom. The molecule has 1 saturated heterocycles. The number of aliphatic hydroxyl groups excluding tert-OH is 1. The van der Waals surface area contributed by atoms with Gasteiger partial charge in [-0.3, -0.25) is 4.90 Å². The molecule has 5 heteroatoms. The lowest BCUT2D eigenvalue weighted by Crippen LogP contribution is -2.46. The van der Waals surface area contributed by atoms with Gasteiger partial charge in [0.15, 0.2) is 0 Å². The van der Waals surface area contributed by atoms with E-state index in [2.05, 4.69) is 16.8 Å². The zero-order valence-corrected chi connectivity index (χ0v) is 12.5. The van der Waals surface area contributed by atoms with Crippen molar-refractivity contribution in [2.75, 3.05) is 13.2 Å². The molecule has 2 atom stereocenters. The third-order valence-corrected chi connectivity index (χ3v) is 4.92. The SMILES string of the molecule is CC1CCCN(Cc2coc(-c3cccs3)n2)C1CO. The summed E-state index contributed by atoms with van der Waals surface area (Å²) in [7, 11) is 0. The van der Waals surface area contributed by atoms with E-state index in [-0.39, 0.29) is 12.6 Å². The molecule has 3 rings (SSSR count). The number of nitrogens with zero attached hydrogens (tertiary/aromatic N) is 2. The number of hydrogen-bond donors (Lipinski definition) is 1. The van der Waals surface area contributed by atoms with E-state index in [1.807, 2.05) is 17.5 Å². The van der Waals surface area contributed by atoms with E-state index >= 15 is 0 Å². The third-order valence-electron chi connectivity index (χ3n) is 4.07. The number of rotatable bonds is 4. The molecule has 20 heavy (non-hydrogen) atoms. The number of thiophene rings is 1. The van der Waals surface area contributed by atoms with Gasteiger partial charge < -0.3 is 9.52 Å². The number of oxazole rings is 1. The maximum Gasteiger partial charge on any atom is 0.236 e. The number of aliphatic hydroxyl groups is 1. The first-order valence-electron chi connectivity index (χ1n) is 7.11. The smallest absolute Gasteiger partial charge is 0.236 e. The summed E-state index contributed by atoms with van der Waals surface area (Å²) in [5.41, 5.74) is 0.945. The molecular formula is C15H20N2O2S. The molecule has 0 radical (unpaired) electrons. The Hall–Kier alpha value is -1.17. The molecule has 2 aromatic rings. The molecular weight excluding hydrogens is 272 g/mol. The van der Waals surface area contributed by atoms with E-state index in [0.29, 0.717) is 11.8 Å². The van der Waals surface area contributed by atoms with Crippen LogP contribution in [0.5, 0.6) is 0 Å². The molecule has 0 aromatic carbocycles. The van der Waals surface area contributed by atoms with Crippen LogP contribution in [0, 0.1) is 5.92 Å². The van der Waals surface area contributed by atoms with E-state index in [0.717, 1.165) is 23.7 Å². The molecule has 108 valence electrons. The Labute approximate surface area is 123 Å². The van der Waals surface area contributed by atoms with Crippen LogP contribution in [0.3, 0.4) is 0 Å². The van der Waals surface area contributed by atoms with Crippen molar-refractivity contribution in [1.29, 1.82) is 0 Å². The van der Waals surface area contributed by atoms with Gasteiger partial charge >= 0.3 is 0 Å². The van der Waals surface area contributed by atoms with Gasteiger partial charge in [-0.25, -0.2) is 4.98 Å². The largest absolute Gasteiger partial charge is 0.444 e. The fourth-order valence-electron chi connectivity index (χ4n) is 2.93. The van der Waals surface area contributed by atoms with E-state index < -0.39 is 0 Å². The van der Waals surface area contributed by atoms with Gasteiger partial charge in [-0.15, -0.1) is 11.3 Å². The summed E-state index contributed by atoms with van der Waals surface area (Å²) in [6, 6.07) is 4.25. The Morgan fingerprint density at radius 3 is 3.20 bits per heavy atom. The molecule has 0 aliphatic carbocycles. The van der Waals surface area contributed by atoms with Gasteiger partial charge in [-0.2, -0.15) is 0 Å². The first kappa shape index (κ1) is 13.8. The summed E-state index contributed by atoms with van der Waals surface area (Å²) in [5, 5.41) is 11.6. The highest BCUT2D eigenvalue weighted by Crippen LogP contribution is 2.27. The van der Waals surface area contributed by atoms with Crippen LogP contribution in [0.2, 0.25) is 0 Å². The molecule has 3 heterocycles. The first-order valence-corrected chi connectivity index (χ1v) is 7.99. The number of aromatic nitrogens is 1. The van der Waals surface area contributed by atoms with Gasteiger partial charge in [-0.1, -0.05) is 13.0 Å². The van der Waals surface area contributed by atoms with Crippen LogP contribution in [0.4, 0.5) is 0 Å². The van der Waals surface area contributed by atoms with E-state index in [1.54, 1.807) is 17.6 Å². The fraction of sp³-hybridized carbons (Fsp3) is 0.533.